The number of aryl methyl sites for hydroxylation is 1. The summed E-state index contributed by atoms with van der Waals surface area (Å²) in [5.74, 6) is -0.490. The number of fused-ring (bicyclic) bond motifs is 1. The average molecular weight is 451 g/mol. The zero-order valence-electron chi connectivity index (χ0n) is 17.7. The molecule has 0 bridgehead atoms. The van der Waals surface area contributed by atoms with Crippen molar-refractivity contribution in [3.05, 3.63) is 117 Å². The van der Waals surface area contributed by atoms with Gasteiger partial charge in [0.2, 0.25) is 0 Å². The maximum Gasteiger partial charge on any atom is 0.416 e. The van der Waals surface area contributed by atoms with E-state index in [1.54, 1.807) is 12.1 Å². The van der Waals surface area contributed by atoms with Crippen molar-refractivity contribution in [1.29, 1.82) is 0 Å². The van der Waals surface area contributed by atoms with Crippen LogP contribution in [0.5, 0.6) is 0 Å². The van der Waals surface area contributed by atoms with E-state index in [0.717, 1.165) is 35.4 Å². The summed E-state index contributed by atoms with van der Waals surface area (Å²) < 4.78 is 44.3. The molecule has 1 heterocycles. The lowest BCUT2D eigenvalue weighted by Crippen LogP contribution is -2.32. The van der Waals surface area contributed by atoms with Crippen molar-refractivity contribution in [1.82, 2.24) is 4.90 Å². The molecule has 0 aliphatic carbocycles. The van der Waals surface area contributed by atoms with Gasteiger partial charge in [0.15, 0.2) is 5.43 Å². The van der Waals surface area contributed by atoms with Gasteiger partial charge in [-0.2, -0.15) is 13.2 Å². The molecule has 1 amide bonds. The van der Waals surface area contributed by atoms with Crippen LogP contribution in [-0.4, -0.2) is 10.8 Å². The van der Waals surface area contributed by atoms with Crippen molar-refractivity contribution in [2.45, 2.75) is 26.2 Å². The van der Waals surface area contributed by atoms with Crippen LogP contribution in [0.15, 0.2) is 88.3 Å². The van der Waals surface area contributed by atoms with Crippen molar-refractivity contribution < 1.29 is 22.4 Å². The minimum Gasteiger partial charge on any atom is -0.464 e. The number of hydrogen-bond acceptors (Lipinski definition) is 3. The Bertz CT molecular complexity index is 1340. The van der Waals surface area contributed by atoms with E-state index in [9.17, 15) is 22.8 Å². The van der Waals surface area contributed by atoms with E-state index in [1.165, 1.54) is 11.2 Å². The molecule has 0 atom stereocenters. The molecule has 0 N–H and O–H groups in total. The maximum absolute atomic E-state index is 13.3. The van der Waals surface area contributed by atoms with E-state index < -0.39 is 17.6 Å². The molecule has 1 aromatic heterocycles. The first-order chi connectivity index (χ1) is 15.7. The highest BCUT2D eigenvalue weighted by Gasteiger charge is 2.30. The first-order valence-electron chi connectivity index (χ1n) is 10.2. The van der Waals surface area contributed by atoms with Gasteiger partial charge in [-0.05, 0) is 48.9 Å². The quantitative estimate of drug-likeness (QED) is 0.376. The average Bonchev–Trinajstić information content (AvgIpc) is 2.80. The Morgan fingerprint density at radius 1 is 0.939 bits per heavy atom. The maximum atomic E-state index is 13.3. The van der Waals surface area contributed by atoms with Crippen LogP contribution in [0.1, 0.15) is 32.6 Å². The van der Waals surface area contributed by atoms with Gasteiger partial charge in [0, 0.05) is 12.1 Å². The Labute approximate surface area is 187 Å². The smallest absolute Gasteiger partial charge is 0.416 e. The predicted molar refractivity (Wildman–Crippen MR) is 119 cm³/mol. The van der Waals surface area contributed by atoms with Gasteiger partial charge in [0.1, 0.15) is 5.58 Å². The van der Waals surface area contributed by atoms with Crippen LogP contribution in [0.4, 0.5) is 13.2 Å². The molecule has 0 aliphatic heterocycles. The molecule has 0 saturated heterocycles. The number of rotatable bonds is 5. The molecule has 0 unspecified atom stereocenters. The SMILES string of the molecule is Cc1ccc2occ(CN(Cc3ccccc3)C(=O)c3ccc(C(F)(F)F)cc3)c(=O)c2c1. The van der Waals surface area contributed by atoms with E-state index in [-0.39, 0.29) is 29.6 Å². The molecular formula is C26H20F3NO3. The van der Waals surface area contributed by atoms with Gasteiger partial charge in [-0.1, -0.05) is 42.0 Å². The highest BCUT2D eigenvalue weighted by atomic mass is 19.4. The van der Waals surface area contributed by atoms with E-state index in [4.69, 9.17) is 4.42 Å². The van der Waals surface area contributed by atoms with Crippen molar-refractivity contribution >= 4 is 16.9 Å². The number of alkyl halides is 3. The van der Waals surface area contributed by atoms with Crippen LogP contribution in [0.25, 0.3) is 11.0 Å². The first kappa shape index (κ1) is 22.3. The number of carbonyl (C=O) groups excluding carboxylic acids is 1. The molecule has 168 valence electrons. The number of halogens is 3. The van der Waals surface area contributed by atoms with Crippen molar-refractivity contribution in [2.24, 2.45) is 0 Å². The Morgan fingerprint density at radius 2 is 1.64 bits per heavy atom. The summed E-state index contributed by atoms with van der Waals surface area (Å²) in [7, 11) is 0. The third-order valence-electron chi connectivity index (χ3n) is 5.32. The fourth-order valence-electron chi connectivity index (χ4n) is 3.59. The zero-order chi connectivity index (χ0) is 23.6. The topological polar surface area (TPSA) is 50.5 Å². The summed E-state index contributed by atoms with van der Waals surface area (Å²) in [6.45, 7) is 1.98. The summed E-state index contributed by atoms with van der Waals surface area (Å²) >= 11 is 0. The van der Waals surface area contributed by atoms with Gasteiger partial charge in [-0.3, -0.25) is 9.59 Å². The minimum absolute atomic E-state index is 0.0546. The summed E-state index contributed by atoms with van der Waals surface area (Å²) in [6, 6.07) is 18.5. The Morgan fingerprint density at radius 3 is 2.30 bits per heavy atom. The van der Waals surface area contributed by atoms with E-state index in [0.29, 0.717) is 11.0 Å². The number of nitrogens with zero attached hydrogens (tertiary/aromatic N) is 1. The first-order valence-corrected chi connectivity index (χ1v) is 10.2. The summed E-state index contributed by atoms with van der Waals surface area (Å²) in [5, 5.41) is 0.411. The molecular weight excluding hydrogens is 431 g/mol. The number of hydrogen-bond donors (Lipinski definition) is 0. The molecule has 0 spiro atoms. The highest BCUT2D eigenvalue weighted by molar-refractivity contribution is 5.94. The molecule has 0 radical (unpaired) electrons. The molecule has 7 heteroatoms. The monoisotopic (exact) mass is 451 g/mol. The lowest BCUT2D eigenvalue weighted by Gasteiger charge is -2.23. The van der Waals surface area contributed by atoms with Crippen molar-refractivity contribution in [2.75, 3.05) is 0 Å². The summed E-state index contributed by atoms with van der Waals surface area (Å²) in [5.41, 5.74) is 1.45. The fraction of sp³-hybridized carbons (Fsp3) is 0.154. The molecule has 33 heavy (non-hydrogen) atoms. The van der Waals surface area contributed by atoms with Gasteiger partial charge < -0.3 is 9.32 Å². The van der Waals surface area contributed by atoms with Gasteiger partial charge in [0.25, 0.3) is 5.91 Å². The van der Waals surface area contributed by atoms with E-state index in [2.05, 4.69) is 0 Å². The number of amides is 1. The second kappa shape index (κ2) is 8.94. The summed E-state index contributed by atoms with van der Waals surface area (Å²) in [6.07, 6.45) is -3.16. The Balaban J connectivity index is 1.69. The van der Waals surface area contributed by atoms with Crippen LogP contribution in [0.2, 0.25) is 0 Å². The van der Waals surface area contributed by atoms with Gasteiger partial charge in [0.05, 0.1) is 29.3 Å². The molecule has 4 rings (SSSR count). The van der Waals surface area contributed by atoms with Crippen LogP contribution in [0, 0.1) is 6.92 Å². The molecule has 4 nitrogen and oxygen atoms in total. The fourth-order valence-corrected chi connectivity index (χ4v) is 3.59. The van der Waals surface area contributed by atoms with Crippen LogP contribution in [-0.2, 0) is 19.3 Å². The molecule has 4 aromatic rings. The minimum atomic E-state index is -4.49. The molecule has 0 aliphatic rings. The normalized spacial score (nSPS) is 11.5. The van der Waals surface area contributed by atoms with Crippen LogP contribution < -0.4 is 5.43 Å². The Kier molecular flexibility index (Phi) is 6.05. The lowest BCUT2D eigenvalue weighted by atomic mass is 10.1. The third-order valence-corrected chi connectivity index (χ3v) is 5.32. The standard InChI is InChI=1S/C26H20F3NO3/c1-17-7-12-23-22(13-17)24(31)20(16-33-23)15-30(14-18-5-3-2-4-6-18)25(32)19-8-10-21(11-9-19)26(27,28)29/h2-13,16H,14-15H2,1H3. The third kappa shape index (κ3) is 4.98. The Hall–Kier alpha value is -3.87. The van der Waals surface area contributed by atoms with Gasteiger partial charge >= 0.3 is 6.18 Å². The second-order valence-electron chi connectivity index (χ2n) is 7.81. The van der Waals surface area contributed by atoms with E-state index in [1.807, 2.05) is 43.3 Å². The molecule has 0 fully saturated rings. The van der Waals surface area contributed by atoms with Crippen molar-refractivity contribution in [3.63, 3.8) is 0 Å². The number of benzene rings is 3. The van der Waals surface area contributed by atoms with Gasteiger partial charge in [-0.15, -0.1) is 0 Å². The summed E-state index contributed by atoms with van der Waals surface area (Å²) in [4.78, 5) is 27.7. The van der Waals surface area contributed by atoms with E-state index >= 15 is 0 Å². The largest absolute Gasteiger partial charge is 0.464 e. The van der Waals surface area contributed by atoms with Crippen LogP contribution >= 0.6 is 0 Å². The molecule has 3 aromatic carbocycles. The van der Waals surface area contributed by atoms with Crippen LogP contribution in [0.3, 0.4) is 0 Å². The predicted octanol–water partition coefficient (Wildman–Crippen LogP) is 5.96. The molecule has 0 saturated carbocycles. The second-order valence-corrected chi connectivity index (χ2v) is 7.81. The van der Waals surface area contributed by atoms with Gasteiger partial charge in [-0.25, -0.2) is 0 Å². The number of carbonyl (C=O) groups is 1. The zero-order valence-corrected chi connectivity index (χ0v) is 17.7. The lowest BCUT2D eigenvalue weighted by molar-refractivity contribution is -0.137. The van der Waals surface area contributed by atoms with Crippen molar-refractivity contribution in [3.8, 4) is 0 Å². The highest BCUT2D eigenvalue weighted by Crippen LogP contribution is 2.29.